The summed E-state index contributed by atoms with van der Waals surface area (Å²) in [7, 11) is 0. The van der Waals surface area contributed by atoms with Crippen LogP contribution in [0.15, 0.2) is 24.3 Å². The first-order valence-electron chi connectivity index (χ1n) is 7.34. The Morgan fingerprint density at radius 1 is 1.19 bits per heavy atom. The van der Waals surface area contributed by atoms with Crippen molar-refractivity contribution in [3.63, 3.8) is 0 Å². The number of benzene rings is 1. The minimum absolute atomic E-state index is 0.184. The SMILES string of the molecule is C[C@H](c1n[nH]c(=S)n1-c1ccc(F)cc1)N1CCCCC1. The van der Waals surface area contributed by atoms with E-state index in [0.717, 1.165) is 24.6 Å². The van der Waals surface area contributed by atoms with Crippen molar-refractivity contribution in [2.24, 2.45) is 0 Å². The molecule has 1 aliphatic rings. The van der Waals surface area contributed by atoms with Gasteiger partial charge >= 0.3 is 0 Å². The number of aromatic nitrogens is 3. The fourth-order valence-corrected chi connectivity index (χ4v) is 3.14. The van der Waals surface area contributed by atoms with Crippen LogP contribution in [0.3, 0.4) is 0 Å². The number of nitrogens with one attached hydrogen (secondary N) is 1. The van der Waals surface area contributed by atoms with Gasteiger partial charge in [-0.15, -0.1) is 0 Å². The summed E-state index contributed by atoms with van der Waals surface area (Å²) in [6, 6.07) is 6.53. The lowest BCUT2D eigenvalue weighted by Crippen LogP contribution is -2.33. The molecule has 0 spiro atoms. The van der Waals surface area contributed by atoms with Crippen molar-refractivity contribution in [1.82, 2.24) is 19.7 Å². The van der Waals surface area contributed by atoms with Gasteiger partial charge in [-0.25, -0.2) is 4.39 Å². The van der Waals surface area contributed by atoms with E-state index in [4.69, 9.17) is 12.2 Å². The van der Waals surface area contributed by atoms with Crippen LogP contribution in [0.25, 0.3) is 5.69 Å². The van der Waals surface area contributed by atoms with Crippen molar-refractivity contribution in [3.05, 3.63) is 40.7 Å². The van der Waals surface area contributed by atoms with Gasteiger partial charge in [0.1, 0.15) is 5.82 Å². The van der Waals surface area contributed by atoms with Crippen LogP contribution in [0, 0.1) is 10.6 Å². The molecular weight excluding hydrogens is 287 g/mol. The highest BCUT2D eigenvalue weighted by molar-refractivity contribution is 7.71. The van der Waals surface area contributed by atoms with Crippen LogP contribution in [0.5, 0.6) is 0 Å². The Labute approximate surface area is 128 Å². The number of hydrogen-bond donors (Lipinski definition) is 1. The summed E-state index contributed by atoms with van der Waals surface area (Å²) in [6.07, 6.45) is 3.76. The van der Waals surface area contributed by atoms with Gasteiger partial charge in [-0.05, 0) is 69.3 Å². The van der Waals surface area contributed by atoms with Crippen LogP contribution in [0.2, 0.25) is 0 Å². The van der Waals surface area contributed by atoms with E-state index in [1.807, 2.05) is 4.57 Å². The zero-order valence-corrected chi connectivity index (χ0v) is 12.9. The number of rotatable bonds is 3. The Bertz CT molecular complexity index is 655. The third kappa shape index (κ3) is 2.91. The molecule has 1 atom stereocenters. The molecule has 0 bridgehead atoms. The minimum Gasteiger partial charge on any atom is -0.294 e. The van der Waals surface area contributed by atoms with Crippen LogP contribution >= 0.6 is 12.2 Å². The molecule has 0 radical (unpaired) electrons. The van der Waals surface area contributed by atoms with Crippen LogP contribution in [-0.2, 0) is 0 Å². The highest BCUT2D eigenvalue weighted by Gasteiger charge is 2.23. The Kier molecular flexibility index (Phi) is 4.17. The van der Waals surface area contributed by atoms with Gasteiger partial charge in [-0.1, -0.05) is 6.42 Å². The number of nitrogens with zero attached hydrogens (tertiary/aromatic N) is 3. The standard InChI is InChI=1S/C15H19FN4S/c1-11(19-9-3-2-4-10-19)14-17-18-15(21)20(14)13-7-5-12(16)6-8-13/h5-8,11H,2-4,9-10H2,1H3,(H,18,21)/t11-/m1/s1. The summed E-state index contributed by atoms with van der Waals surface area (Å²) in [5.74, 6) is 0.632. The smallest absolute Gasteiger partial charge is 0.199 e. The quantitative estimate of drug-likeness (QED) is 0.880. The molecule has 112 valence electrons. The molecule has 2 aromatic rings. The highest BCUT2D eigenvalue weighted by Crippen LogP contribution is 2.25. The van der Waals surface area contributed by atoms with E-state index in [2.05, 4.69) is 22.0 Å². The zero-order valence-electron chi connectivity index (χ0n) is 12.1. The molecule has 1 N–H and O–H groups in total. The van der Waals surface area contributed by atoms with Gasteiger partial charge in [0.2, 0.25) is 0 Å². The second-order valence-electron chi connectivity index (χ2n) is 5.47. The van der Waals surface area contributed by atoms with Crippen molar-refractivity contribution in [3.8, 4) is 5.69 Å². The summed E-state index contributed by atoms with van der Waals surface area (Å²) < 4.78 is 15.6. The predicted molar refractivity (Wildman–Crippen MR) is 82.5 cm³/mol. The average molecular weight is 306 g/mol. The molecule has 2 heterocycles. The van der Waals surface area contributed by atoms with E-state index in [1.165, 1.54) is 31.4 Å². The Morgan fingerprint density at radius 2 is 1.86 bits per heavy atom. The van der Waals surface area contributed by atoms with Crippen LogP contribution in [0.1, 0.15) is 38.1 Å². The van der Waals surface area contributed by atoms with E-state index < -0.39 is 0 Å². The second kappa shape index (κ2) is 6.07. The normalized spacial score (nSPS) is 17.8. The molecule has 0 aliphatic carbocycles. The van der Waals surface area contributed by atoms with E-state index in [0.29, 0.717) is 4.77 Å². The van der Waals surface area contributed by atoms with Crippen molar-refractivity contribution in [1.29, 1.82) is 0 Å². The molecule has 0 unspecified atom stereocenters. The fraction of sp³-hybridized carbons (Fsp3) is 0.467. The van der Waals surface area contributed by atoms with Gasteiger partial charge in [-0.2, -0.15) is 5.10 Å². The molecule has 0 saturated carbocycles. The van der Waals surface area contributed by atoms with Crippen molar-refractivity contribution >= 4 is 12.2 Å². The van der Waals surface area contributed by atoms with Crippen molar-refractivity contribution in [2.45, 2.75) is 32.2 Å². The van der Waals surface area contributed by atoms with Crippen LogP contribution in [0.4, 0.5) is 4.39 Å². The van der Waals surface area contributed by atoms with E-state index >= 15 is 0 Å². The molecule has 1 aliphatic heterocycles. The van der Waals surface area contributed by atoms with Crippen molar-refractivity contribution < 1.29 is 4.39 Å². The van der Waals surface area contributed by atoms with Crippen molar-refractivity contribution in [2.75, 3.05) is 13.1 Å². The Hall–Kier alpha value is -1.53. The maximum Gasteiger partial charge on any atom is 0.199 e. The monoisotopic (exact) mass is 306 g/mol. The number of likely N-dealkylation sites (tertiary alicyclic amines) is 1. The topological polar surface area (TPSA) is 36.9 Å². The number of H-pyrrole nitrogens is 1. The third-order valence-corrected chi connectivity index (χ3v) is 4.37. The molecule has 21 heavy (non-hydrogen) atoms. The first-order chi connectivity index (χ1) is 10.2. The van der Waals surface area contributed by atoms with Crippen LogP contribution in [-0.4, -0.2) is 32.8 Å². The summed E-state index contributed by atoms with van der Waals surface area (Å²) in [4.78, 5) is 2.43. The number of piperidine rings is 1. The molecule has 3 rings (SSSR count). The zero-order chi connectivity index (χ0) is 14.8. The van der Waals surface area contributed by atoms with E-state index in [9.17, 15) is 4.39 Å². The molecule has 1 aromatic heterocycles. The first-order valence-corrected chi connectivity index (χ1v) is 7.75. The maximum atomic E-state index is 13.1. The third-order valence-electron chi connectivity index (χ3n) is 4.10. The van der Waals surface area contributed by atoms with E-state index in [1.54, 1.807) is 12.1 Å². The van der Waals surface area contributed by atoms with Gasteiger partial charge in [0.15, 0.2) is 10.6 Å². The number of halogens is 1. The Balaban J connectivity index is 1.96. The van der Waals surface area contributed by atoms with Gasteiger partial charge in [0, 0.05) is 5.69 Å². The molecule has 1 aromatic carbocycles. The molecule has 6 heteroatoms. The predicted octanol–water partition coefficient (Wildman–Crippen LogP) is 3.62. The lowest BCUT2D eigenvalue weighted by Gasteiger charge is -2.31. The molecular formula is C15H19FN4S. The fourth-order valence-electron chi connectivity index (χ4n) is 2.90. The maximum absolute atomic E-state index is 13.1. The highest BCUT2D eigenvalue weighted by atomic mass is 32.1. The van der Waals surface area contributed by atoms with Crippen LogP contribution < -0.4 is 0 Å². The number of aromatic amines is 1. The van der Waals surface area contributed by atoms with Gasteiger partial charge < -0.3 is 0 Å². The molecule has 1 fully saturated rings. The summed E-state index contributed by atoms with van der Waals surface area (Å²) >= 11 is 5.34. The molecule has 1 saturated heterocycles. The van der Waals surface area contributed by atoms with Gasteiger partial charge in [0.25, 0.3) is 0 Å². The number of hydrogen-bond acceptors (Lipinski definition) is 3. The minimum atomic E-state index is -0.251. The van der Waals surface area contributed by atoms with E-state index in [-0.39, 0.29) is 11.9 Å². The van der Waals surface area contributed by atoms with Gasteiger partial charge in [-0.3, -0.25) is 14.6 Å². The second-order valence-corrected chi connectivity index (χ2v) is 5.86. The van der Waals surface area contributed by atoms with Gasteiger partial charge in [0.05, 0.1) is 6.04 Å². The summed E-state index contributed by atoms with van der Waals surface area (Å²) in [5, 5.41) is 7.27. The Morgan fingerprint density at radius 3 is 2.52 bits per heavy atom. The molecule has 4 nitrogen and oxygen atoms in total. The largest absolute Gasteiger partial charge is 0.294 e. The summed E-state index contributed by atoms with van der Waals surface area (Å²) in [5.41, 5.74) is 0.842. The molecule has 0 amide bonds. The lowest BCUT2D eigenvalue weighted by molar-refractivity contribution is 0.167. The first kappa shape index (κ1) is 14.4. The average Bonchev–Trinajstić information content (AvgIpc) is 2.90. The lowest BCUT2D eigenvalue weighted by atomic mass is 10.1. The summed E-state index contributed by atoms with van der Waals surface area (Å²) in [6.45, 7) is 4.32.